The van der Waals surface area contributed by atoms with Crippen LogP contribution < -0.4 is 17.0 Å². The minimum absolute atomic E-state index is 0.111. The van der Waals surface area contributed by atoms with E-state index in [1.807, 2.05) is 51.1 Å². The molecule has 0 bridgehead atoms. The Morgan fingerprint density at radius 1 is 1.18 bits per heavy atom. The van der Waals surface area contributed by atoms with Crippen LogP contribution in [0.4, 0.5) is 14.6 Å². The molecular formula is C30H46F2N6O2. The molecule has 3 rings (SSSR count). The highest BCUT2D eigenvalue weighted by Gasteiger charge is 2.30. The van der Waals surface area contributed by atoms with Crippen molar-refractivity contribution in [2.75, 3.05) is 39.7 Å². The van der Waals surface area contributed by atoms with Crippen LogP contribution in [0.1, 0.15) is 64.1 Å². The molecule has 1 aromatic carbocycles. The van der Waals surface area contributed by atoms with Crippen molar-refractivity contribution in [3.05, 3.63) is 72.2 Å². The lowest BCUT2D eigenvalue weighted by atomic mass is 10.00. The van der Waals surface area contributed by atoms with Crippen LogP contribution in [0.2, 0.25) is 0 Å². The fourth-order valence-electron chi connectivity index (χ4n) is 3.92. The number of esters is 1. The van der Waals surface area contributed by atoms with Crippen LogP contribution in [-0.4, -0.2) is 55.6 Å². The van der Waals surface area contributed by atoms with Crippen LogP contribution in [0.3, 0.4) is 0 Å². The van der Waals surface area contributed by atoms with E-state index in [9.17, 15) is 13.6 Å². The van der Waals surface area contributed by atoms with Gasteiger partial charge in [0.25, 0.3) is 0 Å². The van der Waals surface area contributed by atoms with Crippen molar-refractivity contribution < 1.29 is 18.3 Å². The Labute approximate surface area is 238 Å². The summed E-state index contributed by atoms with van der Waals surface area (Å²) in [5.74, 6) is 5.87. The van der Waals surface area contributed by atoms with Gasteiger partial charge in [-0.05, 0) is 62.5 Å². The third kappa shape index (κ3) is 11.6. The minimum Gasteiger partial charge on any atom is -0.468 e. The van der Waals surface area contributed by atoms with Gasteiger partial charge < -0.3 is 15.9 Å². The van der Waals surface area contributed by atoms with Gasteiger partial charge >= 0.3 is 5.97 Å². The van der Waals surface area contributed by atoms with Crippen LogP contribution in [-0.2, 0) is 9.53 Å². The number of nitrogens with zero attached hydrogens (tertiary/aromatic N) is 3. The lowest BCUT2D eigenvalue weighted by Gasteiger charge is -2.25. The molecule has 5 N–H and O–H groups in total. The second-order valence-electron chi connectivity index (χ2n) is 8.12. The highest BCUT2D eigenvalue weighted by Crippen LogP contribution is 2.29. The number of carbonyl (C=O) groups excluding carboxylic acids is 1. The van der Waals surface area contributed by atoms with Crippen LogP contribution in [0.5, 0.6) is 0 Å². The molecule has 1 saturated heterocycles. The first-order valence-corrected chi connectivity index (χ1v) is 13.4. The first kappa shape index (κ1) is 36.4. The molecule has 1 atom stereocenters. The Morgan fingerprint density at radius 2 is 1.80 bits per heavy atom. The lowest BCUT2D eigenvalue weighted by Crippen LogP contribution is -2.32. The van der Waals surface area contributed by atoms with Gasteiger partial charge in [0.1, 0.15) is 17.7 Å². The summed E-state index contributed by atoms with van der Waals surface area (Å²) in [6.07, 6.45) is 10.8. The number of methoxy groups -OCH3 is 1. The highest BCUT2D eigenvalue weighted by atomic mass is 19.1. The van der Waals surface area contributed by atoms with Crippen molar-refractivity contribution in [1.82, 2.24) is 15.3 Å². The number of alkyl halides is 1. The number of carbonyl (C=O) groups is 1. The Hall–Kier alpha value is -3.63. The number of hydrogen-bond acceptors (Lipinski definition) is 7. The Balaban J connectivity index is 0.00000150. The van der Waals surface area contributed by atoms with E-state index in [0.29, 0.717) is 24.9 Å². The average molecular weight is 561 g/mol. The number of pyridine rings is 1. The summed E-state index contributed by atoms with van der Waals surface area (Å²) < 4.78 is 26.7. The van der Waals surface area contributed by atoms with E-state index in [0.717, 1.165) is 49.0 Å². The summed E-state index contributed by atoms with van der Waals surface area (Å²) in [6.45, 7) is 10.0. The number of nitrogens with two attached hydrogens (primary N) is 2. The van der Waals surface area contributed by atoms with Gasteiger partial charge in [-0.1, -0.05) is 57.2 Å². The number of rotatable bonds is 8. The largest absolute Gasteiger partial charge is 0.468 e. The molecule has 0 saturated carbocycles. The summed E-state index contributed by atoms with van der Waals surface area (Å²) in [5.41, 5.74) is 11.6. The van der Waals surface area contributed by atoms with Crippen molar-refractivity contribution in [1.29, 1.82) is 0 Å². The monoisotopic (exact) mass is 560 g/mol. The predicted octanol–water partition coefficient (Wildman–Crippen LogP) is 5.92. The van der Waals surface area contributed by atoms with Gasteiger partial charge in [-0.2, -0.15) is 0 Å². The summed E-state index contributed by atoms with van der Waals surface area (Å²) >= 11 is 0. The number of likely N-dealkylation sites (tertiary alicyclic amines) is 1. The first-order valence-electron chi connectivity index (χ1n) is 13.4. The van der Waals surface area contributed by atoms with E-state index in [4.69, 9.17) is 16.3 Å². The van der Waals surface area contributed by atoms with E-state index in [2.05, 4.69) is 39.4 Å². The zero-order chi connectivity index (χ0) is 30.3. The van der Waals surface area contributed by atoms with Gasteiger partial charge in [0.15, 0.2) is 0 Å². The maximum atomic E-state index is 12.4. The summed E-state index contributed by atoms with van der Waals surface area (Å²) in [7, 11) is 1.91. The van der Waals surface area contributed by atoms with E-state index < -0.39 is 6.04 Å². The average Bonchev–Trinajstić information content (AvgIpc) is 3.53. The number of hydrogen-bond donors (Lipinski definition) is 3. The molecule has 1 aromatic heterocycles. The van der Waals surface area contributed by atoms with E-state index in [1.165, 1.54) is 13.2 Å². The molecule has 0 spiro atoms. The first-order chi connectivity index (χ1) is 19.5. The molecule has 40 heavy (non-hydrogen) atoms. The van der Waals surface area contributed by atoms with Gasteiger partial charge in [0, 0.05) is 11.8 Å². The molecule has 1 unspecified atom stereocenters. The van der Waals surface area contributed by atoms with E-state index in [-0.39, 0.29) is 18.3 Å². The van der Waals surface area contributed by atoms with Crippen molar-refractivity contribution >= 4 is 17.6 Å². The standard InChI is InChI=1S/C22H27FN6O2.C5H10.C2H6.CH3F/c1-31-22(30)19(29-11-2-3-12-29)16-7-5-15(6-8-16)17-13-18(20(24)27-14-17)21(28-25)26-10-4-9-23;1-3-5-4-2;2*1-2/h4-9,13-14,19H,2-3,10-12,25H2,1H3,(H2,24,27)(H,26,28);3,5H,4H2,1-2H3;1-2H3;1H3/b9-4+;5-3-;;. The Bertz CT molecular complexity index is 1050. The van der Waals surface area contributed by atoms with Gasteiger partial charge in [-0.3, -0.25) is 14.3 Å². The maximum absolute atomic E-state index is 12.4. The zero-order valence-electron chi connectivity index (χ0n) is 24.7. The molecule has 222 valence electrons. The number of ether oxygens (including phenoxy) is 1. The van der Waals surface area contributed by atoms with Gasteiger partial charge in [0.05, 0.1) is 32.7 Å². The summed E-state index contributed by atoms with van der Waals surface area (Å²) in [5, 5.41) is 0. The van der Waals surface area contributed by atoms with Crippen molar-refractivity contribution in [2.24, 2.45) is 10.8 Å². The van der Waals surface area contributed by atoms with Gasteiger partial charge in [-0.15, -0.1) is 0 Å². The van der Waals surface area contributed by atoms with Crippen LogP contribution in [0.15, 0.2) is 66.1 Å². The summed E-state index contributed by atoms with van der Waals surface area (Å²) in [4.78, 5) is 23.0. The zero-order valence-corrected chi connectivity index (χ0v) is 24.7. The molecule has 1 aliphatic heterocycles. The van der Waals surface area contributed by atoms with E-state index >= 15 is 0 Å². The number of nitrogens with one attached hydrogen (secondary N) is 1. The van der Waals surface area contributed by atoms with Gasteiger partial charge in [-0.25, -0.2) is 20.0 Å². The smallest absolute Gasteiger partial charge is 0.327 e. The number of aromatic nitrogens is 1. The number of halogens is 2. The normalized spacial score (nSPS) is 13.9. The Kier molecular flexibility index (Phi) is 20.2. The molecule has 0 amide bonds. The minimum atomic E-state index is -0.412. The fourth-order valence-corrected chi connectivity index (χ4v) is 3.92. The predicted molar refractivity (Wildman–Crippen MR) is 162 cm³/mol. The molecule has 0 aliphatic carbocycles. The number of benzene rings is 1. The highest BCUT2D eigenvalue weighted by molar-refractivity contribution is 6.03. The van der Waals surface area contributed by atoms with Crippen LogP contribution in [0.25, 0.3) is 11.1 Å². The molecule has 2 aromatic rings. The number of allylic oxidation sites excluding steroid dienone is 2. The molecule has 1 fully saturated rings. The molecule has 8 nitrogen and oxygen atoms in total. The quantitative estimate of drug-likeness (QED) is 0.0916. The molecule has 0 radical (unpaired) electrons. The number of aliphatic imine (C=N–C) groups is 1. The van der Waals surface area contributed by atoms with Gasteiger partial charge in [0.2, 0.25) is 0 Å². The third-order valence-electron chi connectivity index (χ3n) is 5.72. The second-order valence-corrected chi connectivity index (χ2v) is 8.12. The van der Waals surface area contributed by atoms with Crippen LogP contribution >= 0.6 is 0 Å². The molecule has 2 heterocycles. The van der Waals surface area contributed by atoms with Crippen molar-refractivity contribution in [2.45, 2.75) is 53.0 Å². The number of amidine groups is 1. The lowest BCUT2D eigenvalue weighted by molar-refractivity contribution is -0.146. The molecule has 10 heteroatoms. The van der Waals surface area contributed by atoms with Crippen molar-refractivity contribution in [3.8, 4) is 11.1 Å². The van der Waals surface area contributed by atoms with E-state index in [1.54, 1.807) is 6.20 Å². The van der Waals surface area contributed by atoms with Crippen molar-refractivity contribution in [3.63, 3.8) is 0 Å². The Morgan fingerprint density at radius 3 is 2.27 bits per heavy atom. The topological polar surface area (TPSA) is 119 Å². The molecular weight excluding hydrogens is 514 g/mol. The maximum Gasteiger partial charge on any atom is 0.327 e. The summed E-state index contributed by atoms with van der Waals surface area (Å²) in [6, 6.07) is 9.10. The number of nitrogen functional groups attached to an aromatic ring is 1. The number of hydrazine groups is 1. The SMILES string of the molecule is C/C=C\CC.CC.CF.COC(=O)C(c1ccc(-c2cnc(N)c(C(=NC/C=C/F)NN)c2)cc1)N1CCCC1. The molecule has 1 aliphatic rings. The number of anilines is 1. The third-order valence-corrected chi connectivity index (χ3v) is 5.72. The van der Waals surface area contributed by atoms with Crippen LogP contribution in [0, 0.1) is 0 Å². The fraction of sp³-hybridized carbons (Fsp3) is 0.433. The second kappa shape index (κ2) is 22.2.